The second-order valence-electron chi connectivity index (χ2n) is 3.89. The Bertz CT molecular complexity index is 279. The molecule has 0 aliphatic heterocycles. The molecule has 0 spiro atoms. The molecule has 0 bridgehead atoms. The Morgan fingerprint density at radius 1 is 1.20 bits per heavy atom. The van der Waals surface area contributed by atoms with Crippen molar-refractivity contribution in [3.05, 3.63) is 29.8 Å². The number of hydrogen-bond donors (Lipinski definition) is 1. The molecule has 1 aromatic rings. The average molecular weight is 206 g/mol. The van der Waals surface area contributed by atoms with Crippen LogP contribution in [-0.4, -0.2) is 20.1 Å². The lowest BCUT2D eigenvalue weighted by Crippen LogP contribution is -2.18. The molecular formula is C13H22N2. The summed E-state index contributed by atoms with van der Waals surface area (Å²) in [6, 6.07) is 9.22. The van der Waals surface area contributed by atoms with Crippen LogP contribution in [0.15, 0.2) is 24.3 Å². The summed E-state index contributed by atoms with van der Waals surface area (Å²) in [7, 11) is 2.11. The van der Waals surface area contributed by atoms with Crippen molar-refractivity contribution < 1.29 is 0 Å². The highest BCUT2D eigenvalue weighted by Gasteiger charge is 2.03. The largest absolute Gasteiger partial charge is 0.375 e. The molecule has 0 aliphatic carbocycles. The molecule has 0 aliphatic rings. The van der Waals surface area contributed by atoms with Gasteiger partial charge in [0.05, 0.1) is 0 Å². The van der Waals surface area contributed by atoms with Crippen LogP contribution < -0.4 is 10.2 Å². The Morgan fingerprint density at radius 2 is 1.80 bits per heavy atom. The van der Waals surface area contributed by atoms with E-state index in [-0.39, 0.29) is 0 Å². The quantitative estimate of drug-likeness (QED) is 0.797. The summed E-state index contributed by atoms with van der Waals surface area (Å²) in [6.45, 7) is 8.55. The Labute approximate surface area is 93.3 Å². The zero-order chi connectivity index (χ0) is 11.3. The maximum Gasteiger partial charge on any atom is 0.0363 e. The molecule has 84 valence electrons. The third-order valence-electron chi connectivity index (χ3n) is 2.82. The molecule has 0 saturated carbocycles. The fourth-order valence-electron chi connectivity index (χ4n) is 1.62. The van der Waals surface area contributed by atoms with Crippen LogP contribution in [0.4, 0.5) is 5.69 Å². The zero-order valence-corrected chi connectivity index (χ0v) is 10.2. The normalized spacial score (nSPS) is 12.5. The van der Waals surface area contributed by atoms with E-state index in [9.17, 15) is 0 Å². The molecule has 1 rings (SSSR count). The molecule has 1 N–H and O–H groups in total. The van der Waals surface area contributed by atoms with Gasteiger partial charge in [-0.2, -0.15) is 0 Å². The van der Waals surface area contributed by atoms with Crippen molar-refractivity contribution in [1.29, 1.82) is 0 Å². The second-order valence-corrected chi connectivity index (χ2v) is 3.89. The van der Waals surface area contributed by atoms with Gasteiger partial charge < -0.3 is 10.2 Å². The molecular weight excluding hydrogens is 184 g/mol. The van der Waals surface area contributed by atoms with E-state index in [0.29, 0.717) is 6.04 Å². The van der Waals surface area contributed by atoms with Crippen molar-refractivity contribution in [2.75, 3.05) is 25.0 Å². The van der Waals surface area contributed by atoms with Crippen LogP contribution in [-0.2, 0) is 0 Å². The van der Waals surface area contributed by atoms with E-state index >= 15 is 0 Å². The Balaban J connectivity index is 2.71. The van der Waals surface area contributed by atoms with E-state index in [1.807, 2.05) is 0 Å². The van der Waals surface area contributed by atoms with Gasteiger partial charge in [0.15, 0.2) is 0 Å². The van der Waals surface area contributed by atoms with Gasteiger partial charge in [0.1, 0.15) is 0 Å². The lowest BCUT2D eigenvalue weighted by atomic mass is 10.1. The molecule has 15 heavy (non-hydrogen) atoms. The number of rotatable bonds is 5. The highest BCUT2D eigenvalue weighted by molar-refractivity contribution is 5.47. The Morgan fingerprint density at radius 3 is 2.27 bits per heavy atom. The van der Waals surface area contributed by atoms with Gasteiger partial charge in [0, 0.05) is 25.3 Å². The molecule has 0 fully saturated rings. The van der Waals surface area contributed by atoms with Crippen molar-refractivity contribution >= 4 is 5.69 Å². The van der Waals surface area contributed by atoms with Crippen LogP contribution in [0.2, 0.25) is 0 Å². The molecule has 2 heteroatoms. The van der Waals surface area contributed by atoms with Crippen molar-refractivity contribution in [2.45, 2.75) is 26.8 Å². The van der Waals surface area contributed by atoms with E-state index in [2.05, 4.69) is 62.3 Å². The average Bonchev–Trinajstić information content (AvgIpc) is 2.28. The summed E-state index contributed by atoms with van der Waals surface area (Å²) in [4.78, 5) is 2.24. The fraction of sp³-hybridized carbons (Fsp3) is 0.538. The summed E-state index contributed by atoms with van der Waals surface area (Å²) in [5.41, 5.74) is 2.63. The highest BCUT2D eigenvalue weighted by atomic mass is 15.1. The summed E-state index contributed by atoms with van der Waals surface area (Å²) >= 11 is 0. The summed E-state index contributed by atoms with van der Waals surface area (Å²) in [5, 5.41) is 3.41. The minimum Gasteiger partial charge on any atom is -0.375 e. The summed E-state index contributed by atoms with van der Waals surface area (Å²) in [6.07, 6.45) is 0. The molecule has 0 radical (unpaired) electrons. The van der Waals surface area contributed by atoms with E-state index in [0.717, 1.165) is 13.1 Å². The smallest absolute Gasteiger partial charge is 0.0363 e. The number of nitrogens with one attached hydrogen (secondary N) is 1. The van der Waals surface area contributed by atoms with Crippen LogP contribution in [0, 0.1) is 0 Å². The van der Waals surface area contributed by atoms with E-state index in [4.69, 9.17) is 0 Å². The number of anilines is 1. The highest BCUT2D eigenvalue weighted by Crippen LogP contribution is 2.17. The lowest BCUT2D eigenvalue weighted by molar-refractivity contribution is 0.598. The van der Waals surface area contributed by atoms with Crippen molar-refractivity contribution in [3.8, 4) is 0 Å². The summed E-state index contributed by atoms with van der Waals surface area (Å²) in [5.74, 6) is 0. The topological polar surface area (TPSA) is 15.3 Å². The van der Waals surface area contributed by atoms with Crippen molar-refractivity contribution in [2.24, 2.45) is 0 Å². The standard InChI is InChI=1S/C13H22N2/c1-5-14-11(3)12-7-9-13(10-8-12)15(4)6-2/h7-11,14H,5-6H2,1-4H3. The van der Waals surface area contributed by atoms with Gasteiger partial charge in [-0.1, -0.05) is 19.1 Å². The Hall–Kier alpha value is -1.02. The van der Waals surface area contributed by atoms with Gasteiger partial charge in [0.2, 0.25) is 0 Å². The number of benzene rings is 1. The van der Waals surface area contributed by atoms with Gasteiger partial charge in [-0.3, -0.25) is 0 Å². The molecule has 0 aromatic heterocycles. The summed E-state index contributed by atoms with van der Waals surface area (Å²) < 4.78 is 0. The van der Waals surface area contributed by atoms with Crippen LogP contribution in [0.3, 0.4) is 0 Å². The van der Waals surface area contributed by atoms with Crippen LogP contribution in [0.5, 0.6) is 0 Å². The second kappa shape index (κ2) is 5.76. The zero-order valence-electron chi connectivity index (χ0n) is 10.2. The SMILES string of the molecule is CCNC(C)c1ccc(N(C)CC)cc1. The molecule has 1 unspecified atom stereocenters. The first-order valence-corrected chi connectivity index (χ1v) is 5.73. The van der Waals surface area contributed by atoms with Crippen LogP contribution in [0.25, 0.3) is 0 Å². The minimum atomic E-state index is 0.441. The molecule has 0 heterocycles. The monoisotopic (exact) mass is 206 g/mol. The fourth-order valence-corrected chi connectivity index (χ4v) is 1.62. The van der Waals surface area contributed by atoms with Gasteiger partial charge >= 0.3 is 0 Å². The van der Waals surface area contributed by atoms with Crippen molar-refractivity contribution in [3.63, 3.8) is 0 Å². The van der Waals surface area contributed by atoms with Gasteiger partial charge in [-0.15, -0.1) is 0 Å². The van der Waals surface area contributed by atoms with E-state index < -0.39 is 0 Å². The molecule has 2 nitrogen and oxygen atoms in total. The van der Waals surface area contributed by atoms with E-state index in [1.54, 1.807) is 0 Å². The Kier molecular flexibility index (Phi) is 4.63. The first-order chi connectivity index (χ1) is 7.19. The molecule has 1 atom stereocenters. The number of hydrogen-bond acceptors (Lipinski definition) is 2. The first kappa shape index (κ1) is 12.1. The maximum atomic E-state index is 3.41. The van der Waals surface area contributed by atoms with Crippen LogP contribution in [0.1, 0.15) is 32.4 Å². The first-order valence-electron chi connectivity index (χ1n) is 5.73. The third-order valence-corrected chi connectivity index (χ3v) is 2.82. The van der Waals surface area contributed by atoms with E-state index in [1.165, 1.54) is 11.3 Å². The van der Waals surface area contributed by atoms with Gasteiger partial charge in [0.25, 0.3) is 0 Å². The molecule has 1 aromatic carbocycles. The van der Waals surface area contributed by atoms with Gasteiger partial charge in [-0.25, -0.2) is 0 Å². The van der Waals surface area contributed by atoms with Crippen molar-refractivity contribution in [1.82, 2.24) is 5.32 Å². The van der Waals surface area contributed by atoms with Gasteiger partial charge in [-0.05, 0) is 38.1 Å². The molecule has 0 saturated heterocycles. The minimum absolute atomic E-state index is 0.441. The molecule has 0 amide bonds. The van der Waals surface area contributed by atoms with Crippen LogP contribution >= 0.6 is 0 Å². The predicted molar refractivity (Wildman–Crippen MR) is 67.5 cm³/mol. The third kappa shape index (κ3) is 3.24. The lowest BCUT2D eigenvalue weighted by Gasteiger charge is -2.18. The number of nitrogens with zero attached hydrogens (tertiary/aromatic N) is 1. The maximum absolute atomic E-state index is 3.41. The predicted octanol–water partition coefficient (Wildman–Crippen LogP) is 2.81.